The summed E-state index contributed by atoms with van der Waals surface area (Å²) in [5, 5.41) is 2.87. The Bertz CT molecular complexity index is 240. The first-order valence-corrected chi connectivity index (χ1v) is 5.69. The molecule has 3 heteroatoms. The van der Waals surface area contributed by atoms with Gasteiger partial charge in [0.05, 0.1) is 0 Å². The zero-order valence-electron chi connectivity index (χ0n) is 9.17. The Morgan fingerprint density at radius 1 is 1.53 bits per heavy atom. The van der Waals surface area contributed by atoms with E-state index in [1.165, 1.54) is 12.8 Å². The molecular formula is C12H20N2O. The molecule has 0 bridgehead atoms. The van der Waals surface area contributed by atoms with E-state index in [0.717, 1.165) is 25.8 Å². The molecule has 0 aromatic rings. The van der Waals surface area contributed by atoms with Gasteiger partial charge in [-0.05, 0) is 31.6 Å². The maximum Gasteiger partial charge on any atom is 0.221 e. The van der Waals surface area contributed by atoms with Crippen molar-refractivity contribution < 1.29 is 4.79 Å². The summed E-state index contributed by atoms with van der Waals surface area (Å²) in [6.45, 7) is 0.720. The van der Waals surface area contributed by atoms with Gasteiger partial charge in [0.15, 0.2) is 0 Å². The highest BCUT2D eigenvalue weighted by Crippen LogP contribution is 2.32. The maximum absolute atomic E-state index is 11.4. The molecule has 15 heavy (non-hydrogen) atoms. The summed E-state index contributed by atoms with van der Waals surface area (Å²) in [6, 6.07) is 0.0655. The molecular weight excluding hydrogens is 188 g/mol. The number of amides is 1. The van der Waals surface area contributed by atoms with Gasteiger partial charge in [0.1, 0.15) is 0 Å². The Morgan fingerprint density at radius 2 is 2.27 bits per heavy atom. The molecule has 3 nitrogen and oxygen atoms in total. The molecule has 0 radical (unpaired) electrons. The van der Waals surface area contributed by atoms with Crippen molar-refractivity contribution in [2.45, 2.75) is 44.6 Å². The molecule has 0 aromatic heterocycles. The molecule has 1 saturated carbocycles. The Balaban J connectivity index is 1.96. The number of nitrogens with two attached hydrogens (primary N) is 1. The van der Waals surface area contributed by atoms with Gasteiger partial charge in [-0.15, -0.1) is 12.3 Å². The lowest BCUT2D eigenvalue weighted by Crippen LogP contribution is -2.33. The van der Waals surface area contributed by atoms with Crippen LogP contribution < -0.4 is 11.1 Å². The second-order valence-corrected chi connectivity index (χ2v) is 4.22. The molecule has 3 N–H and O–H groups in total. The van der Waals surface area contributed by atoms with E-state index in [-0.39, 0.29) is 11.9 Å². The fourth-order valence-corrected chi connectivity index (χ4v) is 1.56. The third-order valence-corrected chi connectivity index (χ3v) is 2.72. The lowest BCUT2D eigenvalue weighted by Gasteiger charge is -2.10. The highest BCUT2D eigenvalue weighted by Gasteiger charge is 2.29. The van der Waals surface area contributed by atoms with Crippen molar-refractivity contribution in [1.29, 1.82) is 0 Å². The SMILES string of the molecule is C#CCCCCNC(=O)CC(N)C1CC1. The van der Waals surface area contributed by atoms with Crippen molar-refractivity contribution in [3.05, 3.63) is 0 Å². The molecule has 1 aliphatic carbocycles. The topological polar surface area (TPSA) is 55.1 Å². The number of hydrogen-bond acceptors (Lipinski definition) is 2. The normalized spacial score (nSPS) is 16.8. The zero-order chi connectivity index (χ0) is 11.1. The average Bonchev–Trinajstić information content (AvgIpc) is 3.00. The van der Waals surface area contributed by atoms with E-state index in [0.29, 0.717) is 12.3 Å². The number of carbonyl (C=O) groups is 1. The summed E-state index contributed by atoms with van der Waals surface area (Å²) in [6.07, 6.45) is 10.7. The molecule has 1 atom stereocenters. The van der Waals surface area contributed by atoms with Crippen LogP contribution >= 0.6 is 0 Å². The van der Waals surface area contributed by atoms with Crippen LogP contribution in [0.25, 0.3) is 0 Å². The van der Waals surface area contributed by atoms with Crippen LogP contribution in [-0.4, -0.2) is 18.5 Å². The standard InChI is InChI=1S/C12H20N2O/c1-2-3-4-5-8-14-12(15)9-11(13)10-6-7-10/h1,10-11H,3-9,13H2,(H,14,15). The van der Waals surface area contributed by atoms with E-state index in [4.69, 9.17) is 12.2 Å². The van der Waals surface area contributed by atoms with E-state index >= 15 is 0 Å². The van der Waals surface area contributed by atoms with Crippen LogP contribution in [0.15, 0.2) is 0 Å². The van der Waals surface area contributed by atoms with E-state index in [2.05, 4.69) is 11.2 Å². The Morgan fingerprint density at radius 3 is 2.87 bits per heavy atom. The van der Waals surface area contributed by atoms with Crippen LogP contribution in [0.4, 0.5) is 0 Å². The number of hydrogen-bond donors (Lipinski definition) is 2. The minimum absolute atomic E-state index is 0.0655. The quantitative estimate of drug-likeness (QED) is 0.485. The minimum atomic E-state index is 0.0655. The molecule has 1 rings (SSSR count). The first kappa shape index (κ1) is 12.1. The third-order valence-electron chi connectivity index (χ3n) is 2.72. The number of unbranched alkanes of at least 4 members (excludes halogenated alkanes) is 2. The summed E-state index contributed by atoms with van der Waals surface area (Å²) in [5.41, 5.74) is 5.84. The van der Waals surface area contributed by atoms with Gasteiger partial charge >= 0.3 is 0 Å². The Labute approximate surface area is 91.8 Å². The molecule has 1 amide bonds. The second kappa shape index (κ2) is 6.47. The first-order valence-electron chi connectivity index (χ1n) is 5.69. The highest BCUT2D eigenvalue weighted by molar-refractivity contribution is 5.76. The summed E-state index contributed by atoms with van der Waals surface area (Å²) < 4.78 is 0. The lowest BCUT2D eigenvalue weighted by atomic mass is 10.1. The lowest BCUT2D eigenvalue weighted by molar-refractivity contribution is -0.121. The largest absolute Gasteiger partial charge is 0.356 e. The summed E-state index contributed by atoms with van der Waals surface area (Å²) in [4.78, 5) is 11.4. The molecule has 0 aliphatic heterocycles. The van der Waals surface area contributed by atoms with Crippen LogP contribution in [-0.2, 0) is 4.79 Å². The van der Waals surface area contributed by atoms with Crippen molar-refractivity contribution in [2.75, 3.05) is 6.54 Å². The fraction of sp³-hybridized carbons (Fsp3) is 0.750. The number of carbonyl (C=O) groups excluding carboxylic acids is 1. The van der Waals surface area contributed by atoms with Crippen LogP contribution in [0.5, 0.6) is 0 Å². The Hall–Kier alpha value is -1.01. The predicted molar refractivity (Wildman–Crippen MR) is 61.0 cm³/mol. The first-order chi connectivity index (χ1) is 7.24. The molecule has 0 aromatic carbocycles. The van der Waals surface area contributed by atoms with Crippen molar-refractivity contribution in [2.24, 2.45) is 11.7 Å². The van der Waals surface area contributed by atoms with Gasteiger partial charge in [-0.2, -0.15) is 0 Å². The number of nitrogens with one attached hydrogen (secondary N) is 1. The maximum atomic E-state index is 11.4. The van der Waals surface area contributed by atoms with E-state index in [1.54, 1.807) is 0 Å². The van der Waals surface area contributed by atoms with Gasteiger partial charge in [0.2, 0.25) is 5.91 Å². The minimum Gasteiger partial charge on any atom is -0.356 e. The molecule has 0 saturated heterocycles. The van der Waals surface area contributed by atoms with Crippen molar-refractivity contribution >= 4 is 5.91 Å². The number of terminal acetylenes is 1. The summed E-state index contributed by atoms with van der Waals surface area (Å²) >= 11 is 0. The van der Waals surface area contributed by atoms with Crippen LogP contribution in [0.1, 0.15) is 38.5 Å². The van der Waals surface area contributed by atoms with Gasteiger partial charge in [-0.25, -0.2) is 0 Å². The molecule has 0 heterocycles. The van der Waals surface area contributed by atoms with Crippen molar-refractivity contribution in [3.8, 4) is 12.3 Å². The molecule has 0 spiro atoms. The van der Waals surface area contributed by atoms with Gasteiger partial charge in [0.25, 0.3) is 0 Å². The van der Waals surface area contributed by atoms with Gasteiger partial charge in [0, 0.05) is 25.4 Å². The van der Waals surface area contributed by atoms with Crippen LogP contribution in [0.2, 0.25) is 0 Å². The van der Waals surface area contributed by atoms with Gasteiger partial charge < -0.3 is 11.1 Å². The smallest absolute Gasteiger partial charge is 0.221 e. The molecule has 1 fully saturated rings. The van der Waals surface area contributed by atoms with Gasteiger partial charge in [-0.1, -0.05) is 0 Å². The van der Waals surface area contributed by atoms with E-state index in [1.807, 2.05) is 0 Å². The zero-order valence-corrected chi connectivity index (χ0v) is 9.17. The average molecular weight is 208 g/mol. The second-order valence-electron chi connectivity index (χ2n) is 4.22. The fourth-order valence-electron chi connectivity index (χ4n) is 1.56. The van der Waals surface area contributed by atoms with Crippen LogP contribution in [0.3, 0.4) is 0 Å². The van der Waals surface area contributed by atoms with E-state index < -0.39 is 0 Å². The third kappa shape index (κ3) is 5.44. The summed E-state index contributed by atoms with van der Waals surface area (Å²) in [7, 11) is 0. The number of rotatable bonds is 7. The monoisotopic (exact) mass is 208 g/mol. The molecule has 84 valence electrons. The van der Waals surface area contributed by atoms with Crippen molar-refractivity contribution in [3.63, 3.8) is 0 Å². The highest BCUT2D eigenvalue weighted by atomic mass is 16.1. The Kier molecular flexibility index (Phi) is 5.20. The van der Waals surface area contributed by atoms with Crippen molar-refractivity contribution in [1.82, 2.24) is 5.32 Å². The summed E-state index contributed by atoms with van der Waals surface area (Å²) in [5.74, 6) is 3.25. The van der Waals surface area contributed by atoms with E-state index in [9.17, 15) is 4.79 Å². The predicted octanol–water partition coefficient (Wildman–Crippen LogP) is 1.03. The van der Waals surface area contributed by atoms with Gasteiger partial charge in [-0.3, -0.25) is 4.79 Å². The molecule has 1 unspecified atom stereocenters. The van der Waals surface area contributed by atoms with Crippen LogP contribution in [0, 0.1) is 18.3 Å². The molecule has 1 aliphatic rings.